The largest absolute Gasteiger partial charge is 0.291 e. The lowest BCUT2D eigenvalue weighted by Crippen LogP contribution is -2.46. The Balaban J connectivity index is 1.97. The molecule has 0 aliphatic heterocycles. The molecule has 3 aromatic rings. The summed E-state index contributed by atoms with van der Waals surface area (Å²) in [4.78, 5) is 2.74. The van der Waals surface area contributed by atoms with Gasteiger partial charge in [-0.3, -0.25) is 4.90 Å². The Morgan fingerprint density at radius 3 is 1.50 bits per heavy atom. The summed E-state index contributed by atoms with van der Waals surface area (Å²) in [5, 5.41) is -0.461. The first-order chi connectivity index (χ1) is 14.6. The first-order valence-corrected chi connectivity index (χ1v) is 12.2. The summed E-state index contributed by atoms with van der Waals surface area (Å²) in [6, 6.07) is 29.4. The average Bonchev–Trinajstić information content (AvgIpc) is 2.79. The second kappa shape index (κ2) is 10.6. The van der Waals surface area contributed by atoms with Crippen molar-refractivity contribution in [3.8, 4) is 0 Å². The first kappa shape index (κ1) is 22.3. The van der Waals surface area contributed by atoms with Gasteiger partial charge in [0.2, 0.25) is 0 Å². The van der Waals surface area contributed by atoms with Crippen LogP contribution >= 0.6 is 0 Å². The van der Waals surface area contributed by atoms with Gasteiger partial charge in [0.25, 0.3) is 0 Å². The maximum atomic E-state index is 13.5. The molecule has 0 saturated carbocycles. The van der Waals surface area contributed by atoms with Crippen molar-refractivity contribution in [3.63, 3.8) is 0 Å². The lowest BCUT2D eigenvalue weighted by molar-refractivity contribution is 0.164. The normalized spacial score (nSPS) is 13.8. The summed E-state index contributed by atoms with van der Waals surface area (Å²) in [6.45, 7) is 5.51. The third-order valence-corrected chi connectivity index (χ3v) is 8.02. The van der Waals surface area contributed by atoms with Gasteiger partial charge in [-0.15, -0.1) is 0 Å². The van der Waals surface area contributed by atoms with E-state index < -0.39 is 15.1 Å². The molecular formula is C26H31NO2S. The Labute approximate surface area is 181 Å². The molecule has 0 fully saturated rings. The molecule has 0 spiro atoms. The molecule has 0 N–H and O–H groups in total. The number of rotatable bonds is 10. The predicted molar refractivity (Wildman–Crippen MR) is 124 cm³/mol. The van der Waals surface area contributed by atoms with Gasteiger partial charge in [0, 0.05) is 19.1 Å². The molecule has 158 valence electrons. The molecule has 0 saturated heterocycles. The fraction of sp³-hybridized carbons (Fsp3) is 0.308. The van der Waals surface area contributed by atoms with Gasteiger partial charge in [-0.1, -0.05) is 92.7 Å². The van der Waals surface area contributed by atoms with Gasteiger partial charge in [-0.2, -0.15) is 0 Å². The molecule has 0 unspecified atom stereocenters. The summed E-state index contributed by atoms with van der Waals surface area (Å²) in [6.07, 6.45) is 1.35. The molecule has 0 radical (unpaired) electrons. The van der Waals surface area contributed by atoms with Gasteiger partial charge < -0.3 is 0 Å². The van der Waals surface area contributed by atoms with Crippen LogP contribution in [0.1, 0.15) is 37.8 Å². The fourth-order valence-corrected chi connectivity index (χ4v) is 6.27. The van der Waals surface area contributed by atoms with E-state index in [2.05, 4.69) is 36.1 Å². The van der Waals surface area contributed by atoms with Crippen molar-refractivity contribution < 1.29 is 8.42 Å². The smallest absolute Gasteiger partial charge is 0.182 e. The molecule has 30 heavy (non-hydrogen) atoms. The molecule has 0 amide bonds. The number of sulfone groups is 1. The summed E-state index contributed by atoms with van der Waals surface area (Å²) in [5.74, 6) is 0. The highest BCUT2D eigenvalue weighted by Gasteiger charge is 2.35. The Morgan fingerprint density at radius 2 is 1.10 bits per heavy atom. The van der Waals surface area contributed by atoms with Gasteiger partial charge >= 0.3 is 0 Å². The van der Waals surface area contributed by atoms with Crippen molar-refractivity contribution >= 4 is 9.84 Å². The second-order valence-corrected chi connectivity index (χ2v) is 9.82. The van der Waals surface area contributed by atoms with Crippen LogP contribution in [0.2, 0.25) is 0 Å². The molecule has 3 aromatic carbocycles. The Morgan fingerprint density at radius 1 is 0.667 bits per heavy atom. The molecule has 0 bridgehead atoms. The van der Waals surface area contributed by atoms with E-state index in [1.54, 1.807) is 24.3 Å². The van der Waals surface area contributed by atoms with Crippen molar-refractivity contribution in [2.24, 2.45) is 0 Å². The van der Waals surface area contributed by atoms with Gasteiger partial charge in [0.15, 0.2) is 9.84 Å². The lowest BCUT2D eigenvalue weighted by atomic mass is 10.0. The van der Waals surface area contributed by atoms with Crippen LogP contribution in [0.4, 0.5) is 0 Å². The molecular weight excluding hydrogens is 390 g/mol. The average molecular weight is 422 g/mol. The number of hydrogen-bond acceptors (Lipinski definition) is 3. The van der Waals surface area contributed by atoms with E-state index in [0.717, 1.165) is 19.5 Å². The minimum atomic E-state index is -3.43. The van der Waals surface area contributed by atoms with Gasteiger partial charge in [0.05, 0.1) is 10.1 Å². The van der Waals surface area contributed by atoms with Crippen LogP contribution in [0, 0.1) is 0 Å². The standard InChI is InChI=1S/C26H31NO2S/c1-3-25(26(4-2)30(28,29)24-18-12-7-13-19-24)27(20-22-14-8-5-9-15-22)21-23-16-10-6-11-17-23/h5-19,25-26H,3-4,20-21H2,1-2H3/t25-,26-/m1/s1. The van der Waals surface area contributed by atoms with Crippen molar-refractivity contribution in [2.45, 2.75) is 56.0 Å². The van der Waals surface area contributed by atoms with Crippen molar-refractivity contribution in [3.05, 3.63) is 102 Å². The molecule has 3 nitrogen and oxygen atoms in total. The molecule has 2 atom stereocenters. The maximum Gasteiger partial charge on any atom is 0.182 e. The van der Waals surface area contributed by atoms with Crippen LogP contribution in [0.3, 0.4) is 0 Å². The fourth-order valence-electron chi connectivity index (χ4n) is 4.17. The molecule has 4 heteroatoms. The van der Waals surface area contributed by atoms with Crippen LogP contribution in [0.15, 0.2) is 95.9 Å². The molecule has 0 aliphatic carbocycles. The number of benzene rings is 3. The SMILES string of the molecule is CC[C@H]([C@@H](CC)S(=O)(=O)c1ccccc1)N(Cc1ccccc1)Cc1ccccc1. The first-order valence-electron chi connectivity index (χ1n) is 10.7. The summed E-state index contributed by atoms with van der Waals surface area (Å²) < 4.78 is 27.1. The topological polar surface area (TPSA) is 37.4 Å². The minimum absolute atomic E-state index is 0.0828. The van der Waals surface area contributed by atoms with Gasteiger partial charge in [-0.05, 0) is 36.1 Å². The molecule has 3 rings (SSSR count). The highest BCUT2D eigenvalue weighted by atomic mass is 32.2. The van der Waals surface area contributed by atoms with E-state index in [1.807, 2.05) is 49.4 Å². The van der Waals surface area contributed by atoms with E-state index in [4.69, 9.17) is 0 Å². The van der Waals surface area contributed by atoms with E-state index in [0.29, 0.717) is 11.3 Å². The van der Waals surface area contributed by atoms with Crippen molar-refractivity contribution in [2.75, 3.05) is 0 Å². The van der Waals surface area contributed by atoms with E-state index in [1.165, 1.54) is 11.1 Å². The molecule has 0 heterocycles. The Hall–Kier alpha value is -2.43. The van der Waals surface area contributed by atoms with Gasteiger partial charge in [-0.25, -0.2) is 8.42 Å². The van der Waals surface area contributed by atoms with Crippen LogP contribution < -0.4 is 0 Å². The van der Waals surface area contributed by atoms with Crippen LogP contribution in [0.5, 0.6) is 0 Å². The van der Waals surface area contributed by atoms with E-state index in [-0.39, 0.29) is 6.04 Å². The summed E-state index contributed by atoms with van der Waals surface area (Å²) in [7, 11) is -3.43. The zero-order valence-electron chi connectivity index (χ0n) is 17.8. The van der Waals surface area contributed by atoms with E-state index >= 15 is 0 Å². The third-order valence-electron chi connectivity index (χ3n) is 5.65. The number of hydrogen-bond donors (Lipinski definition) is 0. The third kappa shape index (κ3) is 5.38. The molecule has 0 aliphatic rings. The maximum absolute atomic E-state index is 13.5. The zero-order valence-corrected chi connectivity index (χ0v) is 18.6. The minimum Gasteiger partial charge on any atom is -0.291 e. The zero-order chi connectivity index (χ0) is 21.4. The van der Waals surface area contributed by atoms with Crippen LogP contribution in [-0.4, -0.2) is 24.6 Å². The second-order valence-electron chi connectivity index (χ2n) is 7.66. The van der Waals surface area contributed by atoms with E-state index in [9.17, 15) is 8.42 Å². The Bertz CT molecular complexity index is 947. The highest BCUT2D eigenvalue weighted by molar-refractivity contribution is 7.92. The van der Waals surface area contributed by atoms with Gasteiger partial charge in [0.1, 0.15) is 0 Å². The predicted octanol–water partition coefficient (Wildman–Crippen LogP) is 5.72. The quantitative estimate of drug-likeness (QED) is 0.420. The van der Waals surface area contributed by atoms with Crippen LogP contribution in [0.25, 0.3) is 0 Å². The summed E-state index contributed by atoms with van der Waals surface area (Å²) in [5.41, 5.74) is 2.39. The van der Waals surface area contributed by atoms with Crippen molar-refractivity contribution in [1.29, 1.82) is 0 Å². The monoisotopic (exact) mass is 421 g/mol. The highest BCUT2D eigenvalue weighted by Crippen LogP contribution is 2.27. The number of nitrogens with zero attached hydrogens (tertiary/aromatic N) is 1. The Kier molecular flexibility index (Phi) is 7.83. The lowest BCUT2D eigenvalue weighted by Gasteiger charge is -2.36. The van der Waals surface area contributed by atoms with Crippen molar-refractivity contribution in [1.82, 2.24) is 4.90 Å². The van der Waals surface area contributed by atoms with Crippen LogP contribution in [-0.2, 0) is 22.9 Å². The summed E-state index contributed by atoms with van der Waals surface area (Å²) >= 11 is 0. The molecule has 0 aromatic heterocycles.